The van der Waals surface area contributed by atoms with Crippen LogP contribution in [0.2, 0.25) is 0 Å². The largest absolute Gasteiger partial charge is 0.511 e. The number of pyridine rings is 1. The number of nitrogens with zero attached hydrogens (tertiary/aromatic N) is 1. The molecule has 8 heteroatoms. The lowest BCUT2D eigenvalue weighted by Crippen LogP contribution is -2.12. The van der Waals surface area contributed by atoms with Crippen LogP contribution < -0.4 is 9.47 Å². The summed E-state index contributed by atoms with van der Waals surface area (Å²) in [5.41, 5.74) is 0.759. The Kier molecular flexibility index (Phi) is 4.27. The van der Waals surface area contributed by atoms with Gasteiger partial charge in [0.15, 0.2) is 11.5 Å². The Balaban J connectivity index is 2.84. The van der Waals surface area contributed by atoms with Gasteiger partial charge in [-0.25, -0.2) is 14.6 Å². The van der Waals surface area contributed by atoms with Crippen molar-refractivity contribution in [2.45, 2.75) is 13.3 Å². The van der Waals surface area contributed by atoms with Crippen molar-refractivity contribution in [2.75, 3.05) is 0 Å². The summed E-state index contributed by atoms with van der Waals surface area (Å²) in [6, 6.07) is 5.05. The highest BCUT2D eigenvalue weighted by Crippen LogP contribution is 2.41. The summed E-state index contributed by atoms with van der Waals surface area (Å²) in [7, 11) is 0. The summed E-state index contributed by atoms with van der Waals surface area (Å²) < 4.78 is 9.93. The zero-order valence-electron chi connectivity index (χ0n) is 10.8. The van der Waals surface area contributed by atoms with E-state index in [0.29, 0.717) is 27.5 Å². The number of carboxylic acid groups (broad SMARTS) is 2. The molecule has 0 aliphatic heterocycles. The van der Waals surface area contributed by atoms with E-state index in [1.165, 1.54) is 0 Å². The number of aromatic nitrogens is 1. The second kappa shape index (κ2) is 5.96. The van der Waals surface area contributed by atoms with Gasteiger partial charge in [0.05, 0.1) is 16.6 Å². The van der Waals surface area contributed by atoms with E-state index in [-0.39, 0.29) is 11.5 Å². The molecule has 0 fully saturated rings. The lowest BCUT2D eigenvalue weighted by atomic mass is 10.1. The van der Waals surface area contributed by atoms with Crippen LogP contribution >= 0.6 is 15.9 Å². The topological polar surface area (TPSA) is 106 Å². The van der Waals surface area contributed by atoms with Crippen molar-refractivity contribution in [2.24, 2.45) is 0 Å². The van der Waals surface area contributed by atoms with Gasteiger partial charge < -0.3 is 19.7 Å². The van der Waals surface area contributed by atoms with E-state index in [9.17, 15) is 9.59 Å². The molecule has 110 valence electrons. The first-order valence-corrected chi connectivity index (χ1v) is 6.66. The molecule has 0 radical (unpaired) electrons. The van der Waals surface area contributed by atoms with E-state index in [0.717, 1.165) is 0 Å². The van der Waals surface area contributed by atoms with Crippen molar-refractivity contribution in [3.05, 3.63) is 28.4 Å². The second-order valence-electron chi connectivity index (χ2n) is 3.94. The van der Waals surface area contributed by atoms with E-state index < -0.39 is 12.3 Å². The van der Waals surface area contributed by atoms with Crippen molar-refractivity contribution in [1.82, 2.24) is 4.98 Å². The average molecular weight is 356 g/mol. The van der Waals surface area contributed by atoms with E-state index in [2.05, 4.69) is 25.7 Å². The van der Waals surface area contributed by atoms with Crippen LogP contribution in [-0.4, -0.2) is 27.5 Å². The third-order valence-electron chi connectivity index (χ3n) is 2.66. The van der Waals surface area contributed by atoms with Crippen LogP contribution in [0.15, 0.2) is 22.7 Å². The van der Waals surface area contributed by atoms with E-state index in [1.54, 1.807) is 25.1 Å². The van der Waals surface area contributed by atoms with Gasteiger partial charge >= 0.3 is 12.3 Å². The van der Waals surface area contributed by atoms with Crippen LogP contribution in [0.4, 0.5) is 9.59 Å². The number of fused-ring (bicyclic) bond motifs is 1. The summed E-state index contributed by atoms with van der Waals surface area (Å²) in [4.78, 5) is 26.0. The second-order valence-corrected chi connectivity index (χ2v) is 4.79. The SMILES string of the molecule is CCc1nc2cccc(Br)c2c(OC(=O)O)c1OC(=O)O. The number of halogens is 1. The van der Waals surface area contributed by atoms with Crippen molar-refractivity contribution in [3.63, 3.8) is 0 Å². The van der Waals surface area contributed by atoms with Crippen molar-refractivity contribution < 1.29 is 29.3 Å². The Morgan fingerprint density at radius 1 is 1.19 bits per heavy atom. The normalized spacial score (nSPS) is 10.4. The molecule has 2 rings (SSSR count). The summed E-state index contributed by atoms with van der Waals surface area (Å²) in [5, 5.41) is 18.0. The van der Waals surface area contributed by atoms with Crippen molar-refractivity contribution in [1.29, 1.82) is 0 Å². The first kappa shape index (κ1) is 15.0. The summed E-state index contributed by atoms with van der Waals surface area (Å²) in [5.74, 6) is -0.411. The number of rotatable bonds is 3. The molecule has 21 heavy (non-hydrogen) atoms. The Morgan fingerprint density at radius 3 is 2.38 bits per heavy atom. The van der Waals surface area contributed by atoms with Gasteiger partial charge in [-0.15, -0.1) is 0 Å². The monoisotopic (exact) mass is 355 g/mol. The highest BCUT2D eigenvalue weighted by molar-refractivity contribution is 9.10. The molecule has 2 aromatic rings. The quantitative estimate of drug-likeness (QED) is 0.808. The molecule has 1 aromatic carbocycles. The standard InChI is InChI=1S/C13H10BrNO6/c1-2-7-10(20-12(16)17)11(21-13(18)19)9-6(14)4-3-5-8(9)15-7/h3-5H,2H2,1H3,(H,16,17)(H,18,19). The average Bonchev–Trinajstić information content (AvgIpc) is 2.40. The molecular weight excluding hydrogens is 346 g/mol. The molecule has 0 spiro atoms. The first-order chi connectivity index (χ1) is 9.93. The Labute approximate surface area is 127 Å². The number of carbonyl (C=O) groups is 2. The van der Waals surface area contributed by atoms with Gasteiger partial charge in [0, 0.05) is 4.47 Å². The van der Waals surface area contributed by atoms with E-state index >= 15 is 0 Å². The molecule has 0 unspecified atom stereocenters. The molecule has 0 bridgehead atoms. The maximum absolute atomic E-state index is 10.9. The van der Waals surface area contributed by atoms with Gasteiger partial charge in [-0.2, -0.15) is 0 Å². The predicted octanol–water partition coefficient (Wildman–Crippen LogP) is 3.67. The Hall–Kier alpha value is -2.35. The fourth-order valence-electron chi connectivity index (χ4n) is 1.89. The molecular formula is C13H10BrNO6. The molecule has 0 aliphatic rings. The fraction of sp³-hybridized carbons (Fsp3) is 0.154. The van der Waals surface area contributed by atoms with E-state index in [4.69, 9.17) is 14.9 Å². The summed E-state index contributed by atoms with van der Waals surface area (Å²) >= 11 is 3.27. The zero-order chi connectivity index (χ0) is 15.6. The molecule has 0 saturated carbocycles. The molecule has 0 saturated heterocycles. The van der Waals surface area contributed by atoms with Crippen LogP contribution in [0.3, 0.4) is 0 Å². The molecule has 1 heterocycles. The van der Waals surface area contributed by atoms with Crippen molar-refractivity contribution >= 4 is 39.1 Å². The minimum absolute atomic E-state index is 0.195. The maximum Gasteiger partial charge on any atom is 0.511 e. The lowest BCUT2D eigenvalue weighted by molar-refractivity contribution is 0.132. The third-order valence-corrected chi connectivity index (χ3v) is 3.32. The van der Waals surface area contributed by atoms with Gasteiger partial charge in [0.1, 0.15) is 0 Å². The zero-order valence-corrected chi connectivity index (χ0v) is 12.4. The Morgan fingerprint density at radius 2 is 1.81 bits per heavy atom. The highest BCUT2D eigenvalue weighted by atomic mass is 79.9. The van der Waals surface area contributed by atoms with Crippen LogP contribution in [-0.2, 0) is 6.42 Å². The highest BCUT2D eigenvalue weighted by Gasteiger charge is 2.23. The van der Waals surface area contributed by atoms with Crippen LogP contribution in [0.25, 0.3) is 10.9 Å². The Bertz CT molecular complexity index is 730. The van der Waals surface area contributed by atoms with Gasteiger partial charge in [-0.05, 0) is 34.5 Å². The molecule has 0 atom stereocenters. The number of benzene rings is 1. The predicted molar refractivity (Wildman–Crippen MR) is 76.1 cm³/mol. The van der Waals surface area contributed by atoms with E-state index in [1.807, 2.05) is 0 Å². The van der Waals surface area contributed by atoms with Gasteiger partial charge in [0.2, 0.25) is 0 Å². The molecule has 0 amide bonds. The van der Waals surface area contributed by atoms with Gasteiger partial charge in [-0.1, -0.05) is 13.0 Å². The first-order valence-electron chi connectivity index (χ1n) is 5.86. The van der Waals surface area contributed by atoms with Gasteiger partial charge in [-0.3, -0.25) is 0 Å². The number of hydrogen-bond donors (Lipinski definition) is 2. The molecule has 1 aromatic heterocycles. The maximum atomic E-state index is 10.9. The van der Waals surface area contributed by atoms with Crippen LogP contribution in [0.5, 0.6) is 11.5 Å². The lowest BCUT2D eigenvalue weighted by Gasteiger charge is -2.14. The molecule has 7 nitrogen and oxygen atoms in total. The fourth-order valence-corrected chi connectivity index (χ4v) is 2.42. The minimum Gasteiger partial charge on any atom is -0.449 e. The summed E-state index contributed by atoms with van der Waals surface area (Å²) in [6.45, 7) is 1.74. The van der Waals surface area contributed by atoms with Gasteiger partial charge in [0.25, 0.3) is 0 Å². The van der Waals surface area contributed by atoms with Crippen molar-refractivity contribution in [3.8, 4) is 11.5 Å². The summed E-state index contributed by atoms with van der Waals surface area (Å²) in [6.07, 6.45) is -2.80. The third kappa shape index (κ3) is 3.05. The molecule has 2 N–H and O–H groups in total. The number of ether oxygens (including phenoxy) is 2. The minimum atomic E-state index is -1.58. The molecule has 0 aliphatic carbocycles. The number of hydrogen-bond acceptors (Lipinski definition) is 5. The smallest absolute Gasteiger partial charge is 0.449 e. The van der Waals surface area contributed by atoms with Crippen LogP contribution in [0.1, 0.15) is 12.6 Å². The number of aryl methyl sites for hydroxylation is 1. The van der Waals surface area contributed by atoms with Crippen LogP contribution in [0, 0.1) is 0 Å².